The van der Waals surface area contributed by atoms with Crippen molar-refractivity contribution in [2.45, 2.75) is 13.5 Å². The molecular weight excluding hydrogens is 330 g/mol. The molecule has 1 heterocycles. The van der Waals surface area contributed by atoms with Crippen molar-refractivity contribution >= 4 is 11.7 Å². The zero-order valence-corrected chi connectivity index (χ0v) is 14.8. The number of hydrogen-bond donors (Lipinski definition) is 1. The Morgan fingerprint density at radius 1 is 1.12 bits per heavy atom. The first-order valence-corrected chi connectivity index (χ1v) is 8.29. The average molecular weight is 351 g/mol. The van der Waals surface area contributed by atoms with Gasteiger partial charge in [-0.2, -0.15) is 5.10 Å². The van der Waals surface area contributed by atoms with Gasteiger partial charge in [0.1, 0.15) is 17.3 Å². The maximum atomic E-state index is 12.2. The van der Waals surface area contributed by atoms with E-state index in [4.69, 9.17) is 9.47 Å². The molecule has 0 aliphatic carbocycles. The number of para-hydroxylation sites is 1. The van der Waals surface area contributed by atoms with E-state index in [2.05, 4.69) is 10.4 Å². The molecule has 6 nitrogen and oxygen atoms in total. The van der Waals surface area contributed by atoms with Gasteiger partial charge < -0.3 is 14.8 Å². The Morgan fingerprint density at radius 3 is 2.62 bits per heavy atom. The number of amides is 1. The van der Waals surface area contributed by atoms with Crippen LogP contribution in [0, 0.1) is 6.92 Å². The van der Waals surface area contributed by atoms with Crippen LogP contribution in [-0.4, -0.2) is 29.4 Å². The van der Waals surface area contributed by atoms with Crippen molar-refractivity contribution in [3.8, 4) is 11.5 Å². The molecule has 6 heteroatoms. The third-order valence-corrected chi connectivity index (χ3v) is 3.93. The fourth-order valence-electron chi connectivity index (χ4n) is 2.51. The predicted octanol–water partition coefficient (Wildman–Crippen LogP) is 3.27. The Balaban J connectivity index is 1.59. The van der Waals surface area contributed by atoms with Crippen molar-refractivity contribution in [1.82, 2.24) is 9.78 Å². The molecule has 3 rings (SSSR count). The lowest BCUT2D eigenvalue weighted by Crippen LogP contribution is -2.22. The Hall–Kier alpha value is -3.28. The first-order chi connectivity index (χ1) is 12.7. The second kappa shape index (κ2) is 8.20. The third kappa shape index (κ3) is 4.42. The Labute approximate surface area is 152 Å². The van der Waals surface area contributed by atoms with Crippen LogP contribution in [0.2, 0.25) is 0 Å². The minimum absolute atomic E-state index is 0.0570. The number of hydrogen-bond acceptors (Lipinski definition) is 4. The van der Waals surface area contributed by atoms with E-state index in [-0.39, 0.29) is 12.5 Å². The molecule has 2 aromatic carbocycles. The van der Waals surface area contributed by atoms with Crippen LogP contribution in [0.25, 0.3) is 0 Å². The molecule has 1 N–H and O–H groups in total. The number of benzene rings is 2. The van der Waals surface area contributed by atoms with Gasteiger partial charge in [-0.05, 0) is 36.2 Å². The number of nitrogens with one attached hydrogen (secondary N) is 1. The quantitative estimate of drug-likeness (QED) is 0.709. The van der Waals surface area contributed by atoms with E-state index in [1.807, 2.05) is 55.5 Å². The van der Waals surface area contributed by atoms with Crippen molar-refractivity contribution in [1.29, 1.82) is 0 Å². The van der Waals surface area contributed by atoms with Crippen molar-refractivity contribution < 1.29 is 14.3 Å². The van der Waals surface area contributed by atoms with Crippen LogP contribution in [-0.2, 0) is 11.3 Å². The van der Waals surface area contributed by atoms with Crippen LogP contribution in [0.15, 0.2) is 60.8 Å². The molecule has 0 saturated carbocycles. The van der Waals surface area contributed by atoms with Gasteiger partial charge in [-0.25, -0.2) is 4.68 Å². The molecule has 0 bridgehead atoms. The maximum Gasteiger partial charge on any atom is 0.263 e. The summed E-state index contributed by atoms with van der Waals surface area (Å²) in [5.74, 6) is 1.90. The largest absolute Gasteiger partial charge is 0.497 e. The van der Waals surface area contributed by atoms with E-state index in [0.717, 1.165) is 16.9 Å². The van der Waals surface area contributed by atoms with Gasteiger partial charge in [-0.15, -0.1) is 0 Å². The van der Waals surface area contributed by atoms with E-state index < -0.39 is 0 Å². The van der Waals surface area contributed by atoms with Gasteiger partial charge in [0.25, 0.3) is 5.91 Å². The number of methoxy groups -OCH3 is 1. The number of anilines is 1. The fourth-order valence-corrected chi connectivity index (χ4v) is 2.51. The lowest BCUT2D eigenvalue weighted by Gasteiger charge is -2.11. The summed E-state index contributed by atoms with van der Waals surface area (Å²) in [6.07, 6.45) is 1.65. The summed E-state index contributed by atoms with van der Waals surface area (Å²) in [7, 11) is 1.63. The van der Waals surface area contributed by atoms with Gasteiger partial charge in [0.15, 0.2) is 6.61 Å². The zero-order chi connectivity index (χ0) is 18.4. The smallest absolute Gasteiger partial charge is 0.263 e. The first kappa shape index (κ1) is 17.5. The molecular formula is C20H21N3O3. The number of aromatic nitrogens is 2. The molecule has 0 unspecified atom stereocenters. The average Bonchev–Trinajstić information content (AvgIpc) is 3.08. The Morgan fingerprint density at radius 2 is 1.88 bits per heavy atom. The van der Waals surface area contributed by atoms with Crippen molar-refractivity contribution in [3.05, 3.63) is 71.9 Å². The highest BCUT2D eigenvalue weighted by Crippen LogP contribution is 2.17. The molecule has 1 aromatic heterocycles. The highest BCUT2D eigenvalue weighted by Gasteiger charge is 2.09. The minimum Gasteiger partial charge on any atom is -0.497 e. The molecule has 0 aliphatic rings. The summed E-state index contributed by atoms with van der Waals surface area (Å²) in [5.41, 5.74) is 2.05. The third-order valence-electron chi connectivity index (χ3n) is 3.93. The number of nitrogens with zero attached hydrogens (tertiary/aromatic N) is 2. The second-order valence-corrected chi connectivity index (χ2v) is 5.82. The van der Waals surface area contributed by atoms with Crippen molar-refractivity contribution in [3.63, 3.8) is 0 Å². The standard InChI is InChI=1S/C20H21N3O3/c1-15-5-3-4-6-18(15)26-14-20(24)22-19-11-12-21-23(19)13-16-7-9-17(25-2)10-8-16/h3-12H,13-14H2,1-2H3,(H,22,24). The molecule has 0 aliphatic heterocycles. The second-order valence-electron chi connectivity index (χ2n) is 5.82. The Kier molecular flexibility index (Phi) is 5.53. The monoisotopic (exact) mass is 351 g/mol. The summed E-state index contributed by atoms with van der Waals surface area (Å²) in [6.45, 7) is 2.43. The van der Waals surface area contributed by atoms with Gasteiger partial charge in [0.05, 0.1) is 19.9 Å². The highest BCUT2D eigenvalue weighted by molar-refractivity contribution is 5.91. The van der Waals surface area contributed by atoms with E-state index in [0.29, 0.717) is 18.1 Å². The van der Waals surface area contributed by atoms with Crippen LogP contribution < -0.4 is 14.8 Å². The molecule has 134 valence electrons. The van der Waals surface area contributed by atoms with Crippen LogP contribution >= 0.6 is 0 Å². The topological polar surface area (TPSA) is 65.4 Å². The van der Waals surface area contributed by atoms with Gasteiger partial charge in [-0.3, -0.25) is 4.79 Å². The van der Waals surface area contributed by atoms with E-state index in [1.54, 1.807) is 24.1 Å². The summed E-state index contributed by atoms with van der Waals surface area (Å²) < 4.78 is 12.5. The van der Waals surface area contributed by atoms with Gasteiger partial charge in [0, 0.05) is 6.07 Å². The number of carbonyl (C=O) groups is 1. The van der Waals surface area contributed by atoms with Crippen LogP contribution in [0.5, 0.6) is 11.5 Å². The maximum absolute atomic E-state index is 12.2. The normalized spacial score (nSPS) is 10.4. The van der Waals surface area contributed by atoms with E-state index in [9.17, 15) is 4.79 Å². The predicted molar refractivity (Wildman–Crippen MR) is 99.6 cm³/mol. The fraction of sp³-hybridized carbons (Fsp3) is 0.200. The summed E-state index contributed by atoms with van der Waals surface area (Å²) in [6, 6.07) is 17.1. The SMILES string of the molecule is COc1ccc(Cn2nccc2NC(=O)COc2ccccc2C)cc1. The summed E-state index contributed by atoms with van der Waals surface area (Å²) >= 11 is 0. The van der Waals surface area contributed by atoms with Crippen LogP contribution in [0.3, 0.4) is 0 Å². The molecule has 0 radical (unpaired) electrons. The molecule has 0 spiro atoms. The summed E-state index contributed by atoms with van der Waals surface area (Å²) in [5, 5.41) is 7.10. The van der Waals surface area contributed by atoms with Crippen molar-refractivity contribution in [2.75, 3.05) is 19.0 Å². The number of ether oxygens (including phenoxy) is 2. The van der Waals surface area contributed by atoms with E-state index >= 15 is 0 Å². The molecule has 3 aromatic rings. The minimum atomic E-state index is -0.232. The molecule has 0 atom stereocenters. The molecule has 0 saturated heterocycles. The molecule has 26 heavy (non-hydrogen) atoms. The molecule has 1 amide bonds. The van der Waals surface area contributed by atoms with E-state index in [1.165, 1.54) is 0 Å². The number of carbonyl (C=O) groups excluding carboxylic acids is 1. The van der Waals surface area contributed by atoms with Crippen LogP contribution in [0.1, 0.15) is 11.1 Å². The lowest BCUT2D eigenvalue weighted by molar-refractivity contribution is -0.118. The lowest BCUT2D eigenvalue weighted by atomic mass is 10.2. The van der Waals surface area contributed by atoms with Crippen LogP contribution in [0.4, 0.5) is 5.82 Å². The van der Waals surface area contributed by atoms with Gasteiger partial charge in [0.2, 0.25) is 0 Å². The Bertz CT molecular complexity index is 872. The van der Waals surface area contributed by atoms with Gasteiger partial charge in [-0.1, -0.05) is 30.3 Å². The van der Waals surface area contributed by atoms with Gasteiger partial charge >= 0.3 is 0 Å². The number of rotatable bonds is 7. The zero-order valence-electron chi connectivity index (χ0n) is 14.8. The van der Waals surface area contributed by atoms with Crippen molar-refractivity contribution in [2.24, 2.45) is 0 Å². The molecule has 0 fully saturated rings. The summed E-state index contributed by atoms with van der Waals surface area (Å²) in [4.78, 5) is 12.2. The highest BCUT2D eigenvalue weighted by atomic mass is 16.5. The first-order valence-electron chi connectivity index (χ1n) is 8.29. The number of aryl methyl sites for hydroxylation is 1.